The van der Waals surface area contributed by atoms with Gasteiger partial charge >= 0.3 is 0 Å². The van der Waals surface area contributed by atoms with Gasteiger partial charge in [0.05, 0.1) is 18.6 Å². The van der Waals surface area contributed by atoms with Gasteiger partial charge in [-0.2, -0.15) is 0 Å². The molecule has 0 bridgehead atoms. The fraction of sp³-hybridized carbons (Fsp3) is 0.929. The van der Waals surface area contributed by atoms with Gasteiger partial charge in [0, 0.05) is 12.6 Å². The highest BCUT2D eigenvalue weighted by Gasteiger charge is 2.46. The molecule has 2 saturated carbocycles. The molecule has 102 valence electrons. The second-order valence-electron chi connectivity index (χ2n) is 6.59. The highest BCUT2D eigenvalue weighted by atomic mass is 16.5. The van der Waals surface area contributed by atoms with Gasteiger partial charge in [0.15, 0.2) is 0 Å². The van der Waals surface area contributed by atoms with Crippen LogP contribution < -0.4 is 11.1 Å². The zero-order valence-corrected chi connectivity index (χ0v) is 11.2. The number of nitrogens with two attached hydrogens (primary N) is 1. The molecular formula is C14H24N2O2. The van der Waals surface area contributed by atoms with Crippen molar-refractivity contribution in [1.82, 2.24) is 5.32 Å². The van der Waals surface area contributed by atoms with Crippen molar-refractivity contribution in [3.8, 4) is 0 Å². The van der Waals surface area contributed by atoms with Crippen LogP contribution in [0.1, 0.15) is 32.6 Å². The summed E-state index contributed by atoms with van der Waals surface area (Å²) in [6.45, 7) is 3.72. The van der Waals surface area contributed by atoms with E-state index < -0.39 is 5.41 Å². The lowest BCUT2D eigenvalue weighted by Crippen LogP contribution is -2.51. The van der Waals surface area contributed by atoms with Crippen LogP contribution in [0.4, 0.5) is 0 Å². The predicted molar refractivity (Wildman–Crippen MR) is 68.8 cm³/mol. The lowest BCUT2D eigenvalue weighted by molar-refractivity contribution is -0.130. The second kappa shape index (κ2) is 4.49. The first-order valence-electron chi connectivity index (χ1n) is 7.23. The molecule has 4 heteroatoms. The topological polar surface area (TPSA) is 64.3 Å². The third kappa shape index (κ3) is 2.28. The molecule has 0 spiro atoms. The summed E-state index contributed by atoms with van der Waals surface area (Å²) in [7, 11) is 0. The van der Waals surface area contributed by atoms with Gasteiger partial charge in [-0.3, -0.25) is 4.79 Å². The Morgan fingerprint density at radius 2 is 2.00 bits per heavy atom. The molecule has 1 aliphatic heterocycles. The van der Waals surface area contributed by atoms with Crippen molar-refractivity contribution < 1.29 is 9.53 Å². The zero-order chi connectivity index (χ0) is 12.8. The van der Waals surface area contributed by atoms with Gasteiger partial charge in [0.1, 0.15) is 0 Å². The lowest BCUT2D eigenvalue weighted by atomic mass is 9.84. The third-order valence-electron chi connectivity index (χ3n) is 4.99. The van der Waals surface area contributed by atoms with Crippen LogP contribution in [0.5, 0.6) is 0 Å². The first-order chi connectivity index (χ1) is 8.61. The summed E-state index contributed by atoms with van der Waals surface area (Å²) in [6, 6.07) is -0.169. The highest BCUT2D eigenvalue weighted by molar-refractivity contribution is 5.83. The van der Waals surface area contributed by atoms with E-state index in [1.165, 1.54) is 25.7 Å². The molecule has 3 N–H and O–H groups in total. The zero-order valence-electron chi connectivity index (χ0n) is 11.2. The van der Waals surface area contributed by atoms with Crippen LogP contribution >= 0.6 is 0 Å². The summed E-state index contributed by atoms with van der Waals surface area (Å²) in [4.78, 5) is 12.3. The monoisotopic (exact) mass is 252 g/mol. The SMILES string of the molecule is CC1(C(=O)NCC(C2CC2)C2CC2)COCC1N. The van der Waals surface area contributed by atoms with Crippen LogP contribution in [0.2, 0.25) is 0 Å². The molecule has 1 saturated heterocycles. The van der Waals surface area contributed by atoms with E-state index in [0.29, 0.717) is 13.2 Å². The Hall–Kier alpha value is -0.610. The first kappa shape index (κ1) is 12.4. The van der Waals surface area contributed by atoms with E-state index in [2.05, 4.69) is 5.32 Å². The molecule has 0 aromatic heterocycles. The van der Waals surface area contributed by atoms with Gasteiger partial charge in [-0.05, 0) is 50.4 Å². The Labute approximate surface area is 109 Å². The smallest absolute Gasteiger partial charge is 0.229 e. The number of carbonyl (C=O) groups excluding carboxylic acids is 1. The largest absolute Gasteiger partial charge is 0.379 e. The quantitative estimate of drug-likeness (QED) is 0.764. The third-order valence-corrected chi connectivity index (χ3v) is 4.99. The van der Waals surface area contributed by atoms with E-state index in [-0.39, 0.29) is 11.9 Å². The van der Waals surface area contributed by atoms with Crippen molar-refractivity contribution in [2.45, 2.75) is 38.6 Å². The molecule has 0 aromatic rings. The van der Waals surface area contributed by atoms with Gasteiger partial charge in [0.25, 0.3) is 0 Å². The van der Waals surface area contributed by atoms with Crippen LogP contribution in [0.3, 0.4) is 0 Å². The van der Waals surface area contributed by atoms with E-state index in [4.69, 9.17) is 10.5 Å². The van der Waals surface area contributed by atoms with Crippen molar-refractivity contribution in [2.75, 3.05) is 19.8 Å². The van der Waals surface area contributed by atoms with Crippen molar-refractivity contribution in [3.63, 3.8) is 0 Å². The lowest BCUT2D eigenvalue weighted by Gasteiger charge is -2.27. The molecule has 2 aliphatic carbocycles. The van der Waals surface area contributed by atoms with Crippen LogP contribution in [0.15, 0.2) is 0 Å². The number of nitrogens with one attached hydrogen (secondary N) is 1. The number of hydrogen-bond acceptors (Lipinski definition) is 3. The Morgan fingerprint density at radius 3 is 2.44 bits per heavy atom. The van der Waals surface area contributed by atoms with Crippen molar-refractivity contribution in [2.24, 2.45) is 28.9 Å². The standard InChI is InChI=1S/C14H24N2O2/c1-14(8-18-7-12(14)15)13(17)16-6-11(9-2-3-9)10-4-5-10/h9-12H,2-8,15H2,1H3,(H,16,17). The highest BCUT2D eigenvalue weighted by Crippen LogP contribution is 2.48. The maximum absolute atomic E-state index is 12.3. The minimum Gasteiger partial charge on any atom is -0.379 e. The molecule has 18 heavy (non-hydrogen) atoms. The Morgan fingerprint density at radius 1 is 1.39 bits per heavy atom. The van der Waals surface area contributed by atoms with Crippen molar-refractivity contribution in [3.05, 3.63) is 0 Å². The van der Waals surface area contributed by atoms with E-state index >= 15 is 0 Å². The molecule has 3 aliphatic rings. The second-order valence-corrected chi connectivity index (χ2v) is 6.59. The molecule has 0 radical (unpaired) electrons. The number of rotatable bonds is 5. The van der Waals surface area contributed by atoms with Crippen LogP contribution in [0.25, 0.3) is 0 Å². The Balaban J connectivity index is 1.54. The summed E-state index contributed by atoms with van der Waals surface area (Å²) >= 11 is 0. The normalized spacial score (nSPS) is 36.1. The summed E-state index contributed by atoms with van der Waals surface area (Å²) in [5.74, 6) is 2.55. The van der Waals surface area contributed by atoms with Crippen LogP contribution in [0, 0.1) is 23.2 Å². The molecule has 1 heterocycles. The van der Waals surface area contributed by atoms with E-state index in [9.17, 15) is 4.79 Å². The van der Waals surface area contributed by atoms with Gasteiger partial charge in [-0.25, -0.2) is 0 Å². The Bertz CT molecular complexity index is 327. The minimum atomic E-state index is -0.530. The average Bonchev–Trinajstić information content (AvgIpc) is 3.23. The number of hydrogen-bond donors (Lipinski definition) is 2. The number of amides is 1. The Kier molecular flexibility index (Phi) is 3.10. The molecule has 0 aromatic carbocycles. The molecule has 1 amide bonds. The predicted octanol–water partition coefficient (Wildman–Crippen LogP) is 0.903. The maximum Gasteiger partial charge on any atom is 0.229 e. The van der Waals surface area contributed by atoms with Gasteiger partial charge in [-0.15, -0.1) is 0 Å². The fourth-order valence-corrected chi connectivity index (χ4v) is 3.10. The number of carbonyl (C=O) groups is 1. The average molecular weight is 252 g/mol. The maximum atomic E-state index is 12.3. The molecule has 2 unspecified atom stereocenters. The van der Waals surface area contributed by atoms with E-state index in [1.807, 2.05) is 6.92 Å². The molecule has 4 nitrogen and oxygen atoms in total. The van der Waals surface area contributed by atoms with Crippen LogP contribution in [-0.2, 0) is 9.53 Å². The summed E-state index contributed by atoms with van der Waals surface area (Å²) in [5, 5.41) is 3.14. The number of ether oxygens (including phenoxy) is 1. The summed E-state index contributed by atoms with van der Waals surface area (Å²) in [6.07, 6.45) is 5.43. The van der Waals surface area contributed by atoms with Crippen molar-refractivity contribution >= 4 is 5.91 Å². The minimum absolute atomic E-state index is 0.0822. The van der Waals surface area contributed by atoms with Crippen LogP contribution in [-0.4, -0.2) is 31.7 Å². The summed E-state index contributed by atoms with van der Waals surface area (Å²) in [5.41, 5.74) is 5.45. The van der Waals surface area contributed by atoms with Gasteiger partial charge < -0.3 is 15.8 Å². The molecule has 3 rings (SSSR count). The van der Waals surface area contributed by atoms with E-state index in [1.54, 1.807) is 0 Å². The van der Waals surface area contributed by atoms with Gasteiger partial charge in [-0.1, -0.05) is 0 Å². The molecular weight excluding hydrogens is 228 g/mol. The molecule has 3 fully saturated rings. The molecule has 2 atom stereocenters. The van der Waals surface area contributed by atoms with Crippen molar-refractivity contribution in [1.29, 1.82) is 0 Å². The fourth-order valence-electron chi connectivity index (χ4n) is 3.10. The van der Waals surface area contributed by atoms with E-state index in [0.717, 1.165) is 24.3 Å². The first-order valence-corrected chi connectivity index (χ1v) is 7.23. The van der Waals surface area contributed by atoms with Gasteiger partial charge in [0.2, 0.25) is 5.91 Å². The summed E-state index contributed by atoms with van der Waals surface area (Å²) < 4.78 is 5.33.